The molecule has 1 aliphatic heterocycles. The lowest BCUT2D eigenvalue weighted by Gasteiger charge is -2.32. The van der Waals surface area contributed by atoms with Crippen LogP contribution in [0.4, 0.5) is 4.79 Å². The monoisotopic (exact) mass is 303 g/mol. The van der Waals surface area contributed by atoms with Gasteiger partial charge in [-0.3, -0.25) is 0 Å². The van der Waals surface area contributed by atoms with Crippen LogP contribution in [0.5, 0.6) is 0 Å². The van der Waals surface area contributed by atoms with Crippen LogP contribution in [0.15, 0.2) is 23.3 Å². The standard InChI is InChI=1S/C15H22BN3O3/c1-10-8-11(9-18-19-13(17)20)6-7-12(10)16-21-14(2,3)15(4,5)22-16/h6-9H,1-5H3,(H3,17,19,20). The highest BCUT2D eigenvalue weighted by molar-refractivity contribution is 6.62. The van der Waals surface area contributed by atoms with Crippen molar-refractivity contribution in [2.45, 2.75) is 45.8 Å². The van der Waals surface area contributed by atoms with Gasteiger partial charge in [-0.2, -0.15) is 5.10 Å². The molecule has 0 bridgehead atoms. The van der Waals surface area contributed by atoms with Gasteiger partial charge in [0.25, 0.3) is 0 Å². The predicted octanol–water partition coefficient (Wildman–Crippen LogP) is 1.30. The zero-order valence-electron chi connectivity index (χ0n) is 13.6. The first kappa shape index (κ1) is 16.5. The molecule has 0 unspecified atom stereocenters. The summed E-state index contributed by atoms with van der Waals surface area (Å²) in [5, 5.41) is 3.74. The van der Waals surface area contributed by atoms with Gasteiger partial charge in [-0.05, 0) is 45.6 Å². The van der Waals surface area contributed by atoms with Crippen molar-refractivity contribution in [1.29, 1.82) is 0 Å². The van der Waals surface area contributed by atoms with E-state index in [1.807, 2.05) is 52.8 Å². The van der Waals surface area contributed by atoms with Crippen LogP contribution in [-0.4, -0.2) is 30.6 Å². The number of hydrogen-bond donors (Lipinski definition) is 2. The number of nitrogens with zero attached hydrogens (tertiary/aromatic N) is 1. The van der Waals surface area contributed by atoms with Crippen LogP contribution in [0.1, 0.15) is 38.8 Å². The number of benzene rings is 1. The quantitative estimate of drug-likeness (QED) is 0.501. The lowest BCUT2D eigenvalue weighted by molar-refractivity contribution is 0.00578. The van der Waals surface area contributed by atoms with Gasteiger partial charge in [0.05, 0.1) is 17.4 Å². The van der Waals surface area contributed by atoms with Crippen molar-refractivity contribution in [3.8, 4) is 0 Å². The number of urea groups is 1. The van der Waals surface area contributed by atoms with Gasteiger partial charge in [0, 0.05) is 0 Å². The summed E-state index contributed by atoms with van der Waals surface area (Å²) in [6.45, 7) is 10.1. The third-order valence-corrected chi connectivity index (χ3v) is 4.19. The number of nitrogens with one attached hydrogen (secondary N) is 1. The van der Waals surface area contributed by atoms with Gasteiger partial charge in [0.2, 0.25) is 0 Å². The Morgan fingerprint density at radius 1 is 1.27 bits per heavy atom. The average Bonchev–Trinajstić information content (AvgIpc) is 2.57. The molecule has 7 heteroatoms. The van der Waals surface area contributed by atoms with Crippen LogP contribution in [0, 0.1) is 6.92 Å². The second-order valence-corrected chi connectivity index (χ2v) is 6.44. The fourth-order valence-corrected chi connectivity index (χ4v) is 2.18. The molecular weight excluding hydrogens is 281 g/mol. The molecule has 3 N–H and O–H groups in total. The van der Waals surface area contributed by atoms with E-state index >= 15 is 0 Å². The van der Waals surface area contributed by atoms with Crippen LogP contribution in [-0.2, 0) is 9.31 Å². The van der Waals surface area contributed by atoms with E-state index < -0.39 is 6.03 Å². The summed E-state index contributed by atoms with van der Waals surface area (Å²) < 4.78 is 12.1. The third-order valence-electron chi connectivity index (χ3n) is 4.19. The van der Waals surface area contributed by atoms with Gasteiger partial charge in [0.1, 0.15) is 0 Å². The Bertz CT molecular complexity index is 598. The van der Waals surface area contributed by atoms with Gasteiger partial charge in [-0.25, -0.2) is 10.2 Å². The van der Waals surface area contributed by atoms with E-state index in [9.17, 15) is 4.79 Å². The van der Waals surface area contributed by atoms with E-state index in [1.165, 1.54) is 6.21 Å². The fraction of sp³-hybridized carbons (Fsp3) is 0.467. The van der Waals surface area contributed by atoms with Gasteiger partial charge >= 0.3 is 13.1 Å². The van der Waals surface area contributed by atoms with E-state index in [1.54, 1.807) is 0 Å². The summed E-state index contributed by atoms with van der Waals surface area (Å²) in [6.07, 6.45) is 1.53. The molecule has 0 aromatic heterocycles. The molecule has 0 saturated carbocycles. The van der Waals surface area contributed by atoms with E-state index in [2.05, 4.69) is 10.5 Å². The minimum atomic E-state index is -0.693. The molecule has 2 rings (SSSR count). The first-order valence-electron chi connectivity index (χ1n) is 7.17. The fourth-order valence-electron chi connectivity index (χ4n) is 2.18. The van der Waals surface area contributed by atoms with Crippen molar-refractivity contribution in [1.82, 2.24) is 5.43 Å². The number of hydrogen-bond acceptors (Lipinski definition) is 4. The maximum absolute atomic E-state index is 10.6. The van der Waals surface area contributed by atoms with E-state index in [-0.39, 0.29) is 18.3 Å². The van der Waals surface area contributed by atoms with Crippen LogP contribution >= 0.6 is 0 Å². The highest BCUT2D eigenvalue weighted by atomic mass is 16.7. The Kier molecular flexibility index (Phi) is 4.31. The van der Waals surface area contributed by atoms with Crippen LogP contribution in [0.3, 0.4) is 0 Å². The Morgan fingerprint density at radius 3 is 2.36 bits per heavy atom. The highest BCUT2D eigenvalue weighted by Gasteiger charge is 2.51. The summed E-state index contributed by atoms with van der Waals surface area (Å²) in [7, 11) is -0.389. The lowest BCUT2D eigenvalue weighted by Crippen LogP contribution is -2.41. The summed E-state index contributed by atoms with van der Waals surface area (Å²) in [5.74, 6) is 0. The van der Waals surface area contributed by atoms with Crippen molar-refractivity contribution in [3.63, 3.8) is 0 Å². The van der Waals surface area contributed by atoms with Gasteiger partial charge in [0.15, 0.2) is 0 Å². The number of carbonyl (C=O) groups is 1. The van der Waals surface area contributed by atoms with Crippen molar-refractivity contribution < 1.29 is 14.1 Å². The zero-order chi connectivity index (χ0) is 16.5. The molecule has 0 atom stereocenters. The second kappa shape index (κ2) is 5.74. The normalized spacial score (nSPS) is 19.6. The minimum absolute atomic E-state index is 0.365. The Morgan fingerprint density at radius 2 is 1.86 bits per heavy atom. The molecule has 1 heterocycles. The summed E-state index contributed by atoms with van der Waals surface area (Å²) in [4.78, 5) is 10.6. The Balaban J connectivity index is 2.18. The molecule has 1 fully saturated rings. The Labute approximate surface area is 131 Å². The molecule has 0 aliphatic carbocycles. The van der Waals surface area contributed by atoms with Gasteiger partial charge in [-0.15, -0.1) is 0 Å². The van der Waals surface area contributed by atoms with Gasteiger partial charge < -0.3 is 15.0 Å². The molecule has 1 aliphatic rings. The summed E-state index contributed by atoms with van der Waals surface area (Å²) in [6, 6.07) is 5.09. The largest absolute Gasteiger partial charge is 0.495 e. The van der Waals surface area contributed by atoms with Crippen LogP contribution in [0.25, 0.3) is 0 Å². The SMILES string of the molecule is Cc1cc(C=NNC(N)=O)ccc1B1OC(C)(C)C(C)(C)O1. The Hall–Kier alpha value is -1.86. The smallest absolute Gasteiger partial charge is 0.399 e. The van der Waals surface area contributed by atoms with Crippen molar-refractivity contribution in [3.05, 3.63) is 29.3 Å². The number of aryl methyl sites for hydroxylation is 1. The maximum atomic E-state index is 10.6. The number of rotatable bonds is 3. The predicted molar refractivity (Wildman–Crippen MR) is 87.2 cm³/mol. The molecule has 0 spiro atoms. The van der Waals surface area contributed by atoms with Crippen molar-refractivity contribution in [2.75, 3.05) is 0 Å². The second-order valence-electron chi connectivity index (χ2n) is 6.44. The zero-order valence-corrected chi connectivity index (χ0v) is 13.6. The van der Waals surface area contributed by atoms with Crippen molar-refractivity contribution >= 4 is 24.8 Å². The van der Waals surface area contributed by atoms with Crippen LogP contribution in [0.2, 0.25) is 0 Å². The first-order chi connectivity index (χ1) is 10.1. The number of primary amides is 1. The molecule has 0 radical (unpaired) electrons. The van der Waals surface area contributed by atoms with E-state index in [4.69, 9.17) is 15.0 Å². The van der Waals surface area contributed by atoms with Gasteiger partial charge in [-0.1, -0.05) is 23.8 Å². The number of carbonyl (C=O) groups excluding carboxylic acids is 1. The molecule has 2 amide bonds. The van der Waals surface area contributed by atoms with E-state index in [0.717, 1.165) is 16.6 Å². The molecule has 1 aromatic rings. The molecule has 6 nitrogen and oxygen atoms in total. The molecule has 22 heavy (non-hydrogen) atoms. The highest BCUT2D eigenvalue weighted by Crippen LogP contribution is 2.36. The van der Waals surface area contributed by atoms with E-state index in [0.29, 0.717) is 0 Å². The molecule has 1 aromatic carbocycles. The third kappa shape index (κ3) is 3.31. The van der Waals surface area contributed by atoms with Crippen molar-refractivity contribution in [2.24, 2.45) is 10.8 Å². The summed E-state index contributed by atoms with van der Waals surface area (Å²) >= 11 is 0. The maximum Gasteiger partial charge on any atom is 0.495 e. The molecule has 118 valence electrons. The first-order valence-corrected chi connectivity index (χ1v) is 7.17. The number of hydrazone groups is 1. The lowest BCUT2D eigenvalue weighted by atomic mass is 9.76. The topological polar surface area (TPSA) is 85.9 Å². The number of nitrogens with two attached hydrogens (primary N) is 1. The minimum Gasteiger partial charge on any atom is -0.399 e. The summed E-state index contributed by atoms with van der Waals surface area (Å²) in [5.41, 5.74) is 9.25. The molecule has 1 saturated heterocycles. The average molecular weight is 303 g/mol. The molecular formula is C15H22BN3O3. The number of amides is 2. The van der Waals surface area contributed by atoms with Crippen LogP contribution < -0.4 is 16.6 Å².